The molecule has 0 N–H and O–H groups in total. The molecule has 1 aliphatic heterocycles. The van der Waals surface area contributed by atoms with Crippen LogP contribution in [0.2, 0.25) is 0 Å². The van der Waals surface area contributed by atoms with E-state index in [4.69, 9.17) is 9.47 Å². The Balaban J connectivity index is 1.88. The molecule has 7 heteroatoms. The normalized spacial score (nSPS) is 15.3. The number of rotatable bonds is 4. The van der Waals surface area contributed by atoms with Crippen LogP contribution in [0.4, 0.5) is 0 Å². The zero-order chi connectivity index (χ0) is 17.9. The predicted molar refractivity (Wildman–Crippen MR) is 98.2 cm³/mol. The Morgan fingerprint density at radius 2 is 2.00 bits per heavy atom. The van der Waals surface area contributed by atoms with Crippen molar-refractivity contribution in [3.8, 4) is 17.1 Å². The van der Waals surface area contributed by atoms with Crippen molar-refractivity contribution >= 4 is 10.8 Å². The van der Waals surface area contributed by atoms with Gasteiger partial charge in [0.25, 0.3) is 5.56 Å². The zero-order valence-corrected chi connectivity index (χ0v) is 14.6. The minimum absolute atomic E-state index is 0.117. The molecule has 4 rings (SSSR count). The van der Waals surface area contributed by atoms with Crippen LogP contribution in [0.25, 0.3) is 22.2 Å². The highest BCUT2D eigenvalue weighted by Gasteiger charge is 2.17. The number of aromatic nitrogens is 3. The maximum atomic E-state index is 13.0. The molecule has 1 aliphatic rings. The summed E-state index contributed by atoms with van der Waals surface area (Å²) in [5.41, 5.74) is 1.28. The van der Waals surface area contributed by atoms with E-state index in [1.807, 2.05) is 24.3 Å². The van der Waals surface area contributed by atoms with E-state index >= 15 is 0 Å². The van der Waals surface area contributed by atoms with Gasteiger partial charge in [-0.25, -0.2) is 4.68 Å². The summed E-state index contributed by atoms with van der Waals surface area (Å²) < 4.78 is 12.2. The van der Waals surface area contributed by atoms with Gasteiger partial charge < -0.3 is 9.47 Å². The SMILES string of the molecule is COc1ccc2c(=O)n(CN3CCOCC3)nc(-c3ccccn3)c2c1. The lowest BCUT2D eigenvalue weighted by Gasteiger charge is -2.26. The minimum Gasteiger partial charge on any atom is -0.497 e. The number of benzene rings is 1. The van der Waals surface area contributed by atoms with Crippen LogP contribution >= 0.6 is 0 Å². The van der Waals surface area contributed by atoms with Gasteiger partial charge in [-0.2, -0.15) is 5.10 Å². The molecule has 0 radical (unpaired) electrons. The highest BCUT2D eigenvalue weighted by molar-refractivity contribution is 5.93. The largest absolute Gasteiger partial charge is 0.497 e. The third-order valence-corrected chi connectivity index (χ3v) is 4.51. The highest BCUT2D eigenvalue weighted by Crippen LogP contribution is 2.26. The van der Waals surface area contributed by atoms with E-state index in [0.29, 0.717) is 36.7 Å². The van der Waals surface area contributed by atoms with Crippen LogP contribution in [0.15, 0.2) is 47.4 Å². The lowest BCUT2D eigenvalue weighted by molar-refractivity contribution is 0.0206. The Hall–Kier alpha value is -2.77. The Bertz CT molecular complexity index is 966. The third kappa shape index (κ3) is 3.18. The fourth-order valence-corrected chi connectivity index (χ4v) is 3.11. The van der Waals surface area contributed by atoms with Gasteiger partial charge in [-0.3, -0.25) is 14.7 Å². The van der Waals surface area contributed by atoms with E-state index < -0.39 is 0 Å². The molecule has 1 fully saturated rings. The molecular weight excluding hydrogens is 332 g/mol. The van der Waals surface area contributed by atoms with Crippen LogP contribution in [-0.4, -0.2) is 53.1 Å². The molecule has 3 aromatic rings. The molecule has 26 heavy (non-hydrogen) atoms. The summed E-state index contributed by atoms with van der Waals surface area (Å²) >= 11 is 0. The molecule has 1 aromatic carbocycles. The van der Waals surface area contributed by atoms with Gasteiger partial charge in [0.05, 0.1) is 38.1 Å². The van der Waals surface area contributed by atoms with Gasteiger partial charge in [0.1, 0.15) is 11.4 Å². The fourth-order valence-electron chi connectivity index (χ4n) is 3.11. The molecular formula is C19H20N4O3. The predicted octanol–water partition coefficient (Wildman–Crippen LogP) is 1.76. The van der Waals surface area contributed by atoms with Crippen molar-refractivity contribution in [2.24, 2.45) is 0 Å². The molecule has 134 valence electrons. The third-order valence-electron chi connectivity index (χ3n) is 4.51. The Morgan fingerprint density at radius 1 is 1.15 bits per heavy atom. The van der Waals surface area contributed by atoms with Gasteiger partial charge in [0, 0.05) is 24.7 Å². The number of methoxy groups -OCH3 is 1. The summed E-state index contributed by atoms with van der Waals surface area (Å²) in [5.74, 6) is 0.682. The minimum atomic E-state index is -0.117. The number of morpholine rings is 1. The second-order valence-corrected chi connectivity index (χ2v) is 6.15. The van der Waals surface area contributed by atoms with Gasteiger partial charge in [0.2, 0.25) is 0 Å². The van der Waals surface area contributed by atoms with Crippen LogP contribution in [0, 0.1) is 0 Å². The van der Waals surface area contributed by atoms with Gasteiger partial charge in [-0.05, 0) is 30.3 Å². The standard InChI is InChI=1S/C19H20N4O3/c1-25-14-5-6-15-16(12-14)18(17-4-2-3-7-20-17)21-23(19(15)24)13-22-8-10-26-11-9-22/h2-7,12H,8-11,13H2,1H3. The Morgan fingerprint density at radius 3 is 2.73 bits per heavy atom. The first-order chi connectivity index (χ1) is 12.8. The van der Waals surface area contributed by atoms with Crippen molar-refractivity contribution in [2.75, 3.05) is 33.4 Å². The van der Waals surface area contributed by atoms with E-state index in [-0.39, 0.29) is 5.56 Å². The van der Waals surface area contributed by atoms with Crippen LogP contribution in [-0.2, 0) is 11.4 Å². The molecule has 0 bridgehead atoms. The number of fused-ring (bicyclic) bond motifs is 1. The van der Waals surface area contributed by atoms with Crippen LogP contribution in [0.5, 0.6) is 5.75 Å². The Labute approximate surface area is 150 Å². The smallest absolute Gasteiger partial charge is 0.275 e. The molecule has 0 spiro atoms. The molecule has 0 unspecified atom stereocenters. The van der Waals surface area contributed by atoms with E-state index in [2.05, 4.69) is 15.0 Å². The average Bonchev–Trinajstić information content (AvgIpc) is 2.71. The van der Waals surface area contributed by atoms with Gasteiger partial charge in [0.15, 0.2) is 0 Å². The number of ether oxygens (including phenoxy) is 2. The monoisotopic (exact) mass is 352 g/mol. The van der Waals surface area contributed by atoms with E-state index in [9.17, 15) is 4.79 Å². The van der Waals surface area contributed by atoms with Crippen LogP contribution in [0.3, 0.4) is 0 Å². The van der Waals surface area contributed by atoms with E-state index in [1.54, 1.807) is 25.4 Å². The second kappa shape index (κ2) is 7.23. The molecule has 7 nitrogen and oxygen atoms in total. The maximum absolute atomic E-state index is 13.0. The molecule has 3 heterocycles. The van der Waals surface area contributed by atoms with Crippen molar-refractivity contribution in [1.29, 1.82) is 0 Å². The molecule has 0 atom stereocenters. The van der Waals surface area contributed by atoms with Crippen molar-refractivity contribution < 1.29 is 9.47 Å². The summed E-state index contributed by atoms with van der Waals surface area (Å²) in [5, 5.41) is 5.99. The molecule has 0 aliphatic carbocycles. The second-order valence-electron chi connectivity index (χ2n) is 6.15. The quantitative estimate of drug-likeness (QED) is 0.713. The van der Waals surface area contributed by atoms with Crippen molar-refractivity contribution in [3.63, 3.8) is 0 Å². The van der Waals surface area contributed by atoms with Crippen molar-refractivity contribution in [2.45, 2.75) is 6.67 Å². The lowest BCUT2D eigenvalue weighted by atomic mass is 10.1. The van der Waals surface area contributed by atoms with E-state index in [0.717, 1.165) is 24.2 Å². The topological polar surface area (TPSA) is 69.5 Å². The summed E-state index contributed by atoms with van der Waals surface area (Å²) in [4.78, 5) is 19.5. The van der Waals surface area contributed by atoms with Crippen molar-refractivity contribution in [1.82, 2.24) is 19.7 Å². The highest BCUT2D eigenvalue weighted by atomic mass is 16.5. The van der Waals surface area contributed by atoms with Crippen LogP contribution < -0.4 is 10.3 Å². The zero-order valence-electron chi connectivity index (χ0n) is 14.6. The molecule has 1 saturated heterocycles. The Kier molecular flexibility index (Phi) is 4.64. The first-order valence-corrected chi connectivity index (χ1v) is 8.56. The summed E-state index contributed by atoms with van der Waals surface area (Å²) in [7, 11) is 1.61. The average molecular weight is 352 g/mol. The molecule has 0 amide bonds. The van der Waals surface area contributed by atoms with Gasteiger partial charge in [-0.1, -0.05) is 6.07 Å². The summed E-state index contributed by atoms with van der Waals surface area (Å²) in [6.07, 6.45) is 1.72. The van der Waals surface area contributed by atoms with E-state index in [1.165, 1.54) is 4.68 Å². The maximum Gasteiger partial charge on any atom is 0.275 e. The van der Waals surface area contributed by atoms with Gasteiger partial charge in [-0.15, -0.1) is 0 Å². The fraction of sp³-hybridized carbons (Fsp3) is 0.316. The number of hydrogen-bond acceptors (Lipinski definition) is 6. The number of hydrogen-bond donors (Lipinski definition) is 0. The van der Waals surface area contributed by atoms with Crippen molar-refractivity contribution in [3.05, 3.63) is 52.9 Å². The first-order valence-electron chi connectivity index (χ1n) is 8.56. The first kappa shape index (κ1) is 16.7. The number of pyridine rings is 1. The van der Waals surface area contributed by atoms with Gasteiger partial charge >= 0.3 is 0 Å². The summed E-state index contributed by atoms with van der Waals surface area (Å²) in [6.45, 7) is 3.35. The van der Waals surface area contributed by atoms with Crippen LogP contribution in [0.1, 0.15) is 0 Å². The number of nitrogens with zero attached hydrogens (tertiary/aromatic N) is 4. The molecule has 2 aromatic heterocycles. The summed E-state index contributed by atoms with van der Waals surface area (Å²) in [6, 6.07) is 11.1. The lowest BCUT2D eigenvalue weighted by Crippen LogP contribution is -2.40. The molecule has 0 saturated carbocycles.